The highest BCUT2D eigenvalue weighted by Crippen LogP contribution is 2.33. The Labute approximate surface area is 101 Å². The van der Waals surface area contributed by atoms with Gasteiger partial charge in [0.15, 0.2) is 17.3 Å². The van der Waals surface area contributed by atoms with E-state index in [9.17, 15) is 4.79 Å². The van der Waals surface area contributed by atoms with E-state index in [4.69, 9.17) is 9.47 Å². The number of fused-ring (bicyclic) bond motifs is 1. The number of hydrogen-bond donors (Lipinski definition) is 0. The molecule has 1 atom stereocenters. The summed E-state index contributed by atoms with van der Waals surface area (Å²) < 4.78 is 10.5. The predicted octanol–water partition coefficient (Wildman–Crippen LogP) is 1.80. The number of hydrogen-bond acceptors (Lipinski definition) is 4. The van der Waals surface area contributed by atoms with E-state index in [1.54, 1.807) is 18.2 Å². The highest BCUT2D eigenvalue weighted by Gasteiger charge is 2.20. The Balaban J connectivity index is 2.14. The van der Waals surface area contributed by atoms with E-state index in [1.807, 2.05) is 25.9 Å². The van der Waals surface area contributed by atoms with Crippen LogP contribution in [-0.4, -0.2) is 38.1 Å². The number of carbonyl (C=O) groups excluding carboxylic acids is 1. The third kappa shape index (κ3) is 2.58. The average molecular weight is 235 g/mol. The summed E-state index contributed by atoms with van der Waals surface area (Å²) in [7, 11) is 3.92. The van der Waals surface area contributed by atoms with Gasteiger partial charge in [0.05, 0.1) is 0 Å². The van der Waals surface area contributed by atoms with Gasteiger partial charge in [-0.25, -0.2) is 0 Å². The summed E-state index contributed by atoms with van der Waals surface area (Å²) in [5, 5.41) is 0. The zero-order valence-electron chi connectivity index (χ0n) is 10.4. The van der Waals surface area contributed by atoms with Crippen LogP contribution in [0.2, 0.25) is 0 Å². The van der Waals surface area contributed by atoms with Crippen LogP contribution in [-0.2, 0) is 0 Å². The van der Waals surface area contributed by atoms with Gasteiger partial charge in [-0.05, 0) is 32.3 Å². The Kier molecular flexibility index (Phi) is 3.33. The summed E-state index contributed by atoms with van der Waals surface area (Å²) in [5.74, 6) is 1.48. The molecule has 0 amide bonds. The smallest absolute Gasteiger partial charge is 0.231 e. The van der Waals surface area contributed by atoms with Crippen molar-refractivity contribution in [2.75, 3.05) is 27.4 Å². The quantitative estimate of drug-likeness (QED) is 0.746. The van der Waals surface area contributed by atoms with Gasteiger partial charge in [-0.1, -0.05) is 6.92 Å². The first-order valence-electron chi connectivity index (χ1n) is 5.66. The number of rotatable bonds is 4. The van der Waals surface area contributed by atoms with Crippen LogP contribution in [0.4, 0.5) is 0 Å². The molecular formula is C13H17NO3. The molecule has 4 heteroatoms. The molecule has 1 aliphatic rings. The van der Waals surface area contributed by atoms with Gasteiger partial charge in [-0.3, -0.25) is 4.79 Å². The molecule has 0 N–H and O–H groups in total. The molecule has 0 aliphatic carbocycles. The number of ketones is 1. The standard InChI is InChI=1S/C13H17NO3/c1-9(7-14(2)3)13(15)10-4-5-11-12(6-10)17-8-16-11/h4-6,9H,7-8H2,1-3H3. The third-order valence-corrected chi connectivity index (χ3v) is 2.74. The van der Waals surface area contributed by atoms with Crippen molar-refractivity contribution in [2.45, 2.75) is 6.92 Å². The first-order chi connectivity index (χ1) is 8.08. The summed E-state index contributed by atoms with van der Waals surface area (Å²) >= 11 is 0. The van der Waals surface area contributed by atoms with E-state index < -0.39 is 0 Å². The molecular weight excluding hydrogens is 218 g/mol. The van der Waals surface area contributed by atoms with Crippen LogP contribution in [0.25, 0.3) is 0 Å². The molecule has 4 nitrogen and oxygen atoms in total. The van der Waals surface area contributed by atoms with Crippen LogP contribution in [0.3, 0.4) is 0 Å². The van der Waals surface area contributed by atoms with Gasteiger partial charge in [-0.2, -0.15) is 0 Å². The lowest BCUT2D eigenvalue weighted by atomic mass is 9.98. The second kappa shape index (κ2) is 4.75. The fraction of sp³-hybridized carbons (Fsp3) is 0.462. The lowest BCUT2D eigenvalue weighted by Gasteiger charge is -2.15. The Hall–Kier alpha value is -1.55. The zero-order valence-corrected chi connectivity index (χ0v) is 10.4. The highest BCUT2D eigenvalue weighted by atomic mass is 16.7. The Morgan fingerprint density at radius 1 is 1.35 bits per heavy atom. The van der Waals surface area contributed by atoms with E-state index in [0.717, 1.165) is 6.54 Å². The maximum atomic E-state index is 12.2. The van der Waals surface area contributed by atoms with Crippen molar-refractivity contribution in [3.05, 3.63) is 23.8 Å². The first-order valence-corrected chi connectivity index (χ1v) is 5.66. The maximum absolute atomic E-state index is 12.2. The molecule has 0 aromatic heterocycles. The Bertz CT molecular complexity index is 429. The van der Waals surface area contributed by atoms with Crippen molar-refractivity contribution in [1.82, 2.24) is 4.90 Å². The maximum Gasteiger partial charge on any atom is 0.231 e. The molecule has 1 aromatic rings. The van der Waals surface area contributed by atoms with Gasteiger partial charge < -0.3 is 14.4 Å². The summed E-state index contributed by atoms with van der Waals surface area (Å²) in [6.07, 6.45) is 0. The van der Waals surface area contributed by atoms with Gasteiger partial charge in [0.2, 0.25) is 6.79 Å². The normalized spacial score (nSPS) is 15.1. The molecule has 0 saturated carbocycles. The van der Waals surface area contributed by atoms with Crippen LogP contribution in [0, 0.1) is 5.92 Å². The van der Waals surface area contributed by atoms with Gasteiger partial charge in [-0.15, -0.1) is 0 Å². The van der Waals surface area contributed by atoms with Crippen molar-refractivity contribution in [1.29, 1.82) is 0 Å². The van der Waals surface area contributed by atoms with Crippen LogP contribution in [0.1, 0.15) is 17.3 Å². The number of nitrogens with zero attached hydrogens (tertiary/aromatic N) is 1. The molecule has 1 aromatic carbocycles. The Morgan fingerprint density at radius 3 is 2.76 bits per heavy atom. The molecule has 0 fully saturated rings. The molecule has 0 saturated heterocycles. The van der Waals surface area contributed by atoms with Gasteiger partial charge in [0, 0.05) is 18.0 Å². The second-order valence-electron chi connectivity index (χ2n) is 4.60. The molecule has 2 rings (SSSR count). The summed E-state index contributed by atoms with van der Waals surface area (Å²) in [6.45, 7) is 2.92. The molecule has 0 radical (unpaired) electrons. The number of carbonyl (C=O) groups is 1. The number of ether oxygens (including phenoxy) is 2. The van der Waals surface area contributed by atoms with Crippen molar-refractivity contribution < 1.29 is 14.3 Å². The number of Topliss-reactive ketones (excluding diaryl/α,β-unsaturated/α-hetero) is 1. The zero-order chi connectivity index (χ0) is 12.4. The van der Waals surface area contributed by atoms with E-state index in [2.05, 4.69) is 0 Å². The van der Waals surface area contributed by atoms with Crippen molar-refractivity contribution in [3.8, 4) is 11.5 Å². The van der Waals surface area contributed by atoms with E-state index in [1.165, 1.54) is 0 Å². The molecule has 1 unspecified atom stereocenters. The predicted molar refractivity (Wildman–Crippen MR) is 64.6 cm³/mol. The SMILES string of the molecule is CC(CN(C)C)C(=O)c1ccc2c(c1)OCO2. The fourth-order valence-electron chi connectivity index (χ4n) is 1.96. The van der Waals surface area contributed by atoms with Gasteiger partial charge in [0.1, 0.15) is 0 Å². The molecule has 0 spiro atoms. The van der Waals surface area contributed by atoms with E-state index in [-0.39, 0.29) is 18.5 Å². The summed E-state index contributed by atoms with van der Waals surface area (Å²) in [4.78, 5) is 14.2. The van der Waals surface area contributed by atoms with Crippen molar-refractivity contribution in [2.24, 2.45) is 5.92 Å². The van der Waals surface area contributed by atoms with Crippen molar-refractivity contribution in [3.63, 3.8) is 0 Å². The van der Waals surface area contributed by atoms with Crippen LogP contribution < -0.4 is 9.47 Å². The van der Waals surface area contributed by atoms with E-state index in [0.29, 0.717) is 17.1 Å². The Morgan fingerprint density at radius 2 is 2.06 bits per heavy atom. The molecule has 1 aliphatic heterocycles. The average Bonchev–Trinajstić information content (AvgIpc) is 2.73. The van der Waals surface area contributed by atoms with Crippen LogP contribution >= 0.6 is 0 Å². The fourth-order valence-corrected chi connectivity index (χ4v) is 1.96. The first kappa shape index (κ1) is 11.9. The van der Waals surface area contributed by atoms with E-state index >= 15 is 0 Å². The largest absolute Gasteiger partial charge is 0.454 e. The highest BCUT2D eigenvalue weighted by molar-refractivity contribution is 5.98. The summed E-state index contributed by atoms with van der Waals surface area (Å²) in [6, 6.07) is 5.34. The minimum absolute atomic E-state index is 0.0228. The van der Waals surface area contributed by atoms with Gasteiger partial charge >= 0.3 is 0 Å². The third-order valence-electron chi connectivity index (χ3n) is 2.74. The molecule has 17 heavy (non-hydrogen) atoms. The molecule has 92 valence electrons. The topological polar surface area (TPSA) is 38.8 Å². The summed E-state index contributed by atoms with van der Waals surface area (Å²) in [5.41, 5.74) is 0.684. The van der Waals surface area contributed by atoms with Crippen molar-refractivity contribution >= 4 is 5.78 Å². The second-order valence-corrected chi connectivity index (χ2v) is 4.60. The van der Waals surface area contributed by atoms with Crippen LogP contribution in [0.15, 0.2) is 18.2 Å². The number of benzene rings is 1. The lowest BCUT2D eigenvalue weighted by Crippen LogP contribution is -2.25. The molecule has 1 heterocycles. The van der Waals surface area contributed by atoms with Crippen LogP contribution in [0.5, 0.6) is 11.5 Å². The minimum Gasteiger partial charge on any atom is -0.454 e. The molecule has 0 bridgehead atoms. The van der Waals surface area contributed by atoms with Gasteiger partial charge in [0.25, 0.3) is 0 Å². The minimum atomic E-state index is -0.0228. The lowest BCUT2D eigenvalue weighted by molar-refractivity contribution is 0.0909. The monoisotopic (exact) mass is 235 g/mol.